The van der Waals surface area contributed by atoms with Gasteiger partial charge in [0.15, 0.2) is 0 Å². The van der Waals surface area contributed by atoms with E-state index in [0.29, 0.717) is 11.5 Å². The summed E-state index contributed by atoms with van der Waals surface area (Å²) < 4.78 is 13.0. The zero-order valence-electron chi connectivity index (χ0n) is 13.6. The van der Waals surface area contributed by atoms with Gasteiger partial charge in [0.05, 0.1) is 18.1 Å². The highest BCUT2D eigenvalue weighted by atomic mass is 19.1. The lowest BCUT2D eigenvalue weighted by atomic mass is 10.2. The van der Waals surface area contributed by atoms with Gasteiger partial charge in [0.2, 0.25) is 0 Å². The number of carboxylic acid groups (broad SMARTS) is 1. The summed E-state index contributed by atoms with van der Waals surface area (Å²) >= 11 is 0. The molecule has 2 heterocycles. The first-order chi connectivity index (χ1) is 12.1. The summed E-state index contributed by atoms with van der Waals surface area (Å²) in [6, 6.07) is 6.86. The Kier molecular flexibility index (Phi) is 5.35. The van der Waals surface area contributed by atoms with Crippen molar-refractivity contribution in [1.82, 2.24) is 14.9 Å². The number of halogens is 1. The van der Waals surface area contributed by atoms with Gasteiger partial charge in [0.25, 0.3) is 0 Å². The number of nitrogens with zero attached hydrogens (tertiary/aromatic N) is 3. The first-order valence-corrected chi connectivity index (χ1v) is 8.05. The summed E-state index contributed by atoms with van der Waals surface area (Å²) in [4.78, 5) is 21.2. The molecule has 1 atom stereocenters. The van der Waals surface area contributed by atoms with Gasteiger partial charge in [0.1, 0.15) is 11.6 Å². The van der Waals surface area contributed by atoms with E-state index in [1.807, 2.05) is 12.1 Å². The molecule has 2 aromatic rings. The zero-order chi connectivity index (χ0) is 17.6. The van der Waals surface area contributed by atoms with E-state index in [2.05, 4.69) is 20.2 Å². The molecule has 0 saturated carbocycles. The van der Waals surface area contributed by atoms with Crippen molar-refractivity contribution in [2.45, 2.75) is 19.0 Å². The Hall–Kier alpha value is -2.80. The number of benzene rings is 1. The van der Waals surface area contributed by atoms with E-state index >= 15 is 0 Å². The maximum Gasteiger partial charge on any atom is 0.328 e. The maximum absolute atomic E-state index is 13.0. The van der Waals surface area contributed by atoms with Gasteiger partial charge >= 0.3 is 5.97 Å². The highest BCUT2D eigenvalue weighted by Crippen LogP contribution is 2.17. The summed E-state index contributed by atoms with van der Waals surface area (Å²) in [5, 5.41) is 11.9. The van der Waals surface area contributed by atoms with Crippen molar-refractivity contribution < 1.29 is 14.3 Å². The van der Waals surface area contributed by atoms with Gasteiger partial charge in [-0.25, -0.2) is 14.2 Å². The minimum absolute atomic E-state index is 0.218. The molecule has 7 heteroatoms. The quantitative estimate of drug-likeness (QED) is 0.785. The molecule has 1 aromatic carbocycles. The number of carboxylic acids is 1. The Bertz CT molecular complexity index is 747. The van der Waals surface area contributed by atoms with E-state index in [9.17, 15) is 9.18 Å². The Balaban J connectivity index is 1.51. The fourth-order valence-electron chi connectivity index (χ4n) is 2.81. The molecule has 1 aliphatic rings. The van der Waals surface area contributed by atoms with Crippen LogP contribution in [0.2, 0.25) is 0 Å². The molecule has 0 spiro atoms. The van der Waals surface area contributed by atoms with Crippen molar-refractivity contribution >= 4 is 17.9 Å². The Morgan fingerprint density at radius 2 is 2.12 bits per heavy atom. The van der Waals surface area contributed by atoms with Gasteiger partial charge in [-0.3, -0.25) is 9.88 Å². The van der Waals surface area contributed by atoms with E-state index < -0.39 is 5.97 Å². The van der Waals surface area contributed by atoms with Crippen LogP contribution in [0.4, 0.5) is 10.2 Å². The second-order valence-corrected chi connectivity index (χ2v) is 5.99. The molecule has 0 unspecified atom stereocenters. The predicted molar refractivity (Wildman–Crippen MR) is 92.4 cm³/mol. The molecule has 1 fully saturated rings. The summed E-state index contributed by atoms with van der Waals surface area (Å²) in [5.41, 5.74) is 1.59. The highest BCUT2D eigenvalue weighted by molar-refractivity contribution is 5.84. The van der Waals surface area contributed by atoms with Crippen LogP contribution in [-0.2, 0) is 11.3 Å². The van der Waals surface area contributed by atoms with Crippen LogP contribution in [0.25, 0.3) is 6.08 Å². The number of nitrogens with one attached hydrogen (secondary N) is 1. The molecule has 1 aromatic heterocycles. The molecule has 0 bridgehead atoms. The molecular weight excluding hydrogens is 323 g/mol. The van der Waals surface area contributed by atoms with Crippen LogP contribution >= 0.6 is 0 Å². The third kappa shape index (κ3) is 5.09. The largest absolute Gasteiger partial charge is 0.478 e. The van der Waals surface area contributed by atoms with Crippen molar-refractivity contribution in [3.63, 3.8) is 0 Å². The molecule has 2 N–H and O–H groups in total. The first kappa shape index (κ1) is 17.0. The summed E-state index contributed by atoms with van der Waals surface area (Å²) in [6.07, 6.45) is 6.56. The van der Waals surface area contributed by atoms with Crippen LogP contribution in [0.3, 0.4) is 0 Å². The van der Waals surface area contributed by atoms with Crippen molar-refractivity contribution in [3.05, 3.63) is 59.8 Å². The lowest BCUT2D eigenvalue weighted by Crippen LogP contribution is -2.26. The number of hydrogen-bond acceptors (Lipinski definition) is 5. The summed E-state index contributed by atoms with van der Waals surface area (Å²) in [7, 11) is 0. The molecule has 6 nitrogen and oxygen atoms in total. The monoisotopic (exact) mass is 342 g/mol. The first-order valence-electron chi connectivity index (χ1n) is 8.05. The van der Waals surface area contributed by atoms with Crippen molar-refractivity contribution in [1.29, 1.82) is 0 Å². The fourth-order valence-corrected chi connectivity index (χ4v) is 2.81. The number of rotatable bonds is 6. The Morgan fingerprint density at radius 1 is 1.32 bits per heavy atom. The van der Waals surface area contributed by atoms with Crippen LogP contribution in [0.15, 0.2) is 42.7 Å². The van der Waals surface area contributed by atoms with Gasteiger partial charge in [-0.05, 0) is 30.2 Å². The highest BCUT2D eigenvalue weighted by Gasteiger charge is 2.22. The average molecular weight is 342 g/mol. The van der Waals surface area contributed by atoms with E-state index in [0.717, 1.165) is 37.7 Å². The average Bonchev–Trinajstić information content (AvgIpc) is 3.03. The maximum atomic E-state index is 13.0. The normalized spacial score (nSPS) is 17.9. The molecule has 3 rings (SSSR count). The number of anilines is 1. The van der Waals surface area contributed by atoms with E-state index in [1.165, 1.54) is 24.4 Å². The molecule has 0 amide bonds. The number of aliphatic carboxylic acids is 1. The summed E-state index contributed by atoms with van der Waals surface area (Å²) in [6.45, 7) is 2.63. The minimum Gasteiger partial charge on any atom is -0.478 e. The lowest BCUT2D eigenvalue weighted by Gasteiger charge is -2.17. The van der Waals surface area contributed by atoms with Gasteiger partial charge in [0, 0.05) is 31.8 Å². The van der Waals surface area contributed by atoms with Gasteiger partial charge < -0.3 is 10.4 Å². The zero-order valence-corrected chi connectivity index (χ0v) is 13.6. The minimum atomic E-state index is -1.02. The SMILES string of the molecule is O=C(O)C=Cc1cnc(N[C@@H]2CCN(Cc3ccc(F)cc3)C2)cn1. The molecule has 0 aliphatic carbocycles. The number of carbonyl (C=O) groups is 1. The lowest BCUT2D eigenvalue weighted by molar-refractivity contribution is -0.131. The fraction of sp³-hybridized carbons (Fsp3) is 0.278. The Morgan fingerprint density at radius 3 is 2.80 bits per heavy atom. The summed E-state index contributed by atoms with van der Waals surface area (Å²) in [5.74, 6) is -0.567. The van der Waals surface area contributed by atoms with Gasteiger partial charge in [-0.15, -0.1) is 0 Å². The third-order valence-corrected chi connectivity index (χ3v) is 4.01. The number of likely N-dealkylation sites (tertiary alicyclic amines) is 1. The molecule has 25 heavy (non-hydrogen) atoms. The van der Waals surface area contributed by atoms with Crippen molar-refractivity contribution in [2.24, 2.45) is 0 Å². The van der Waals surface area contributed by atoms with Crippen LogP contribution < -0.4 is 5.32 Å². The molecule has 130 valence electrons. The Labute approximate surface area is 145 Å². The number of hydrogen-bond donors (Lipinski definition) is 2. The van der Waals surface area contributed by atoms with Crippen LogP contribution in [0, 0.1) is 5.82 Å². The standard InChI is InChI=1S/C18H19FN4O2/c19-14-3-1-13(2-4-14)11-23-8-7-16(12-23)22-17-10-20-15(9-21-17)5-6-18(24)25/h1-6,9-10,16H,7-8,11-12H2,(H,21,22)(H,24,25)/t16-/m1/s1. The van der Waals surface area contributed by atoms with E-state index in [1.54, 1.807) is 6.20 Å². The van der Waals surface area contributed by atoms with Gasteiger partial charge in [-0.2, -0.15) is 0 Å². The van der Waals surface area contributed by atoms with Crippen LogP contribution in [-0.4, -0.2) is 45.1 Å². The second-order valence-electron chi connectivity index (χ2n) is 5.99. The van der Waals surface area contributed by atoms with E-state index in [4.69, 9.17) is 5.11 Å². The van der Waals surface area contributed by atoms with Crippen LogP contribution in [0.5, 0.6) is 0 Å². The third-order valence-electron chi connectivity index (χ3n) is 4.01. The molecule has 0 radical (unpaired) electrons. The predicted octanol–water partition coefficient (Wildman–Crippen LogP) is 2.40. The van der Waals surface area contributed by atoms with Crippen molar-refractivity contribution in [3.8, 4) is 0 Å². The van der Waals surface area contributed by atoms with E-state index in [-0.39, 0.29) is 11.9 Å². The molecule has 1 saturated heterocycles. The molecular formula is C18H19FN4O2. The van der Waals surface area contributed by atoms with Gasteiger partial charge in [-0.1, -0.05) is 12.1 Å². The molecule has 1 aliphatic heterocycles. The van der Waals surface area contributed by atoms with Crippen LogP contribution in [0.1, 0.15) is 17.7 Å². The number of aromatic nitrogens is 2. The topological polar surface area (TPSA) is 78.3 Å². The van der Waals surface area contributed by atoms with Crippen molar-refractivity contribution in [2.75, 3.05) is 18.4 Å². The second kappa shape index (κ2) is 7.85. The smallest absolute Gasteiger partial charge is 0.328 e.